The lowest BCUT2D eigenvalue weighted by Crippen LogP contribution is -2.38. The fourth-order valence-corrected chi connectivity index (χ4v) is 2.48. The fourth-order valence-electron chi connectivity index (χ4n) is 1.20. The second-order valence-electron chi connectivity index (χ2n) is 3.24. The van der Waals surface area contributed by atoms with Gasteiger partial charge in [0.2, 0.25) is 10.0 Å². The highest BCUT2D eigenvalue weighted by atomic mass is 32.2. The Bertz CT molecular complexity index is 315. The van der Waals surface area contributed by atoms with Crippen molar-refractivity contribution in [3.63, 3.8) is 0 Å². The fraction of sp³-hybridized carbons (Fsp3) is 0.900. The second-order valence-corrected chi connectivity index (χ2v) is 5.33. The normalized spacial score (nSPS) is 11.8. The molecule has 0 aliphatic rings. The number of sulfonamides is 1. The van der Waals surface area contributed by atoms with Gasteiger partial charge in [0.05, 0.1) is 19.0 Å². The highest BCUT2D eigenvalue weighted by Crippen LogP contribution is 2.02. The molecule has 6 nitrogen and oxygen atoms in total. The van der Waals surface area contributed by atoms with Gasteiger partial charge in [-0.15, -0.1) is 0 Å². The van der Waals surface area contributed by atoms with Gasteiger partial charge in [-0.2, -0.15) is 4.31 Å². The topological polar surface area (TPSA) is 72.9 Å². The molecule has 0 heterocycles. The molecular formula is C10H21NO5S. The number of esters is 1. The van der Waals surface area contributed by atoms with Gasteiger partial charge in [-0.3, -0.25) is 4.79 Å². The predicted octanol–water partition coefficient (Wildman–Crippen LogP) is 0.238. The first-order valence-electron chi connectivity index (χ1n) is 5.69. The van der Waals surface area contributed by atoms with Gasteiger partial charge in [0.25, 0.3) is 0 Å². The van der Waals surface area contributed by atoms with E-state index >= 15 is 0 Å². The number of hydrogen-bond acceptors (Lipinski definition) is 5. The third-order valence-corrected chi connectivity index (χ3v) is 3.90. The van der Waals surface area contributed by atoms with Crippen LogP contribution in [0.15, 0.2) is 0 Å². The minimum atomic E-state index is -3.45. The number of likely N-dealkylation sites (N-methyl/N-ethyl adjacent to an activating group) is 1. The Balaban J connectivity index is 4.36. The molecule has 0 spiro atoms. The van der Waals surface area contributed by atoms with E-state index in [-0.39, 0.29) is 32.1 Å². The summed E-state index contributed by atoms with van der Waals surface area (Å²) in [6, 6.07) is 0. The minimum absolute atomic E-state index is 0.117. The van der Waals surface area contributed by atoms with Crippen LogP contribution in [0.5, 0.6) is 0 Å². The van der Waals surface area contributed by atoms with E-state index in [0.29, 0.717) is 6.61 Å². The highest BCUT2D eigenvalue weighted by molar-refractivity contribution is 7.89. The molecule has 0 aliphatic carbocycles. The lowest BCUT2D eigenvalue weighted by molar-refractivity contribution is -0.143. The largest absolute Gasteiger partial charge is 0.465 e. The SMILES string of the molecule is CCOCCS(=O)(=O)N(CC)CC(=O)OCC. The maximum Gasteiger partial charge on any atom is 0.321 e. The van der Waals surface area contributed by atoms with Crippen molar-refractivity contribution in [2.45, 2.75) is 20.8 Å². The van der Waals surface area contributed by atoms with Gasteiger partial charge in [0.1, 0.15) is 6.54 Å². The third-order valence-electron chi connectivity index (χ3n) is 2.05. The molecule has 0 N–H and O–H groups in total. The predicted molar refractivity (Wildman–Crippen MR) is 64.2 cm³/mol. The molecule has 0 fully saturated rings. The van der Waals surface area contributed by atoms with Crippen LogP contribution in [-0.4, -0.2) is 57.4 Å². The molecule has 0 radical (unpaired) electrons. The molecule has 0 rings (SSSR count). The molecule has 0 saturated heterocycles. The zero-order valence-corrected chi connectivity index (χ0v) is 11.5. The number of hydrogen-bond donors (Lipinski definition) is 0. The van der Waals surface area contributed by atoms with E-state index in [0.717, 1.165) is 4.31 Å². The van der Waals surface area contributed by atoms with Crippen LogP contribution >= 0.6 is 0 Å². The van der Waals surface area contributed by atoms with E-state index in [4.69, 9.17) is 9.47 Å². The molecule has 0 aromatic rings. The maximum absolute atomic E-state index is 11.8. The van der Waals surface area contributed by atoms with Crippen LogP contribution < -0.4 is 0 Å². The Hall–Kier alpha value is -0.660. The van der Waals surface area contributed by atoms with E-state index in [1.54, 1.807) is 20.8 Å². The molecule has 7 heteroatoms. The lowest BCUT2D eigenvalue weighted by atomic mass is 10.6. The summed E-state index contributed by atoms with van der Waals surface area (Å²) in [6.07, 6.45) is 0. The van der Waals surface area contributed by atoms with E-state index in [1.807, 2.05) is 0 Å². The Labute approximate surface area is 103 Å². The zero-order valence-electron chi connectivity index (χ0n) is 10.6. The smallest absolute Gasteiger partial charge is 0.321 e. The van der Waals surface area contributed by atoms with Crippen molar-refractivity contribution in [1.29, 1.82) is 0 Å². The Morgan fingerprint density at radius 2 is 1.82 bits per heavy atom. The van der Waals surface area contributed by atoms with Crippen LogP contribution in [0, 0.1) is 0 Å². The number of ether oxygens (including phenoxy) is 2. The molecule has 0 amide bonds. The molecule has 0 aromatic heterocycles. The van der Waals surface area contributed by atoms with Crippen LogP contribution in [0.4, 0.5) is 0 Å². The summed E-state index contributed by atoms with van der Waals surface area (Å²) in [7, 11) is -3.45. The number of carbonyl (C=O) groups excluding carboxylic acids is 1. The molecule has 0 bridgehead atoms. The monoisotopic (exact) mass is 267 g/mol. The van der Waals surface area contributed by atoms with Crippen molar-refractivity contribution < 1.29 is 22.7 Å². The van der Waals surface area contributed by atoms with E-state index in [1.165, 1.54) is 0 Å². The van der Waals surface area contributed by atoms with Crippen molar-refractivity contribution >= 4 is 16.0 Å². The van der Waals surface area contributed by atoms with Gasteiger partial charge in [-0.25, -0.2) is 8.42 Å². The minimum Gasteiger partial charge on any atom is -0.465 e. The van der Waals surface area contributed by atoms with Gasteiger partial charge in [-0.05, 0) is 13.8 Å². The summed E-state index contributed by atoms with van der Waals surface area (Å²) in [5.74, 6) is -0.650. The first-order chi connectivity index (χ1) is 7.97. The molecule has 0 atom stereocenters. The highest BCUT2D eigenvalue weighted by Gasteiger charge is 2.23. The van der Waals surface area contributed by atoms with Crippen molar-refractivity contribution in [3.05, 3.63) is 0 Å². The molecular weight excluding hydrogens is 246 g/mol. The van der Waals surface area contributed by atoms with Crippen LogP contribution in [0.3, 0.4) is 0 Å². The Morgan fingerprint density at radius 3 is 2.29 bits per heavy atom. The quantitative estimate of drug-likeness (QED) is 0.442. The summed E-state index contributed by atoms with van der Waals surface area (Å²) < 4.78 is 34.4. The summed E-state index contributed by atoms with van der Waals surface area (Å²) in [5, 5.41) is 0. The summed E-state index contributed by atoms with van der Waals surface area (Å²) >= 11 is 0. The van der Waals surface area contributed by atoms with Gasteiger partial charge >= 0.3 is 5.97 Å². The number of nitrogens with zero attached hydrogens (tertiary/aromatic N) is 1. The van der Waals surface area contributed by atoms with E-state index in [2.05, 4.69) is 0 Å². The van der Waals surface area contributed by atoms with Crippen molar-refractivity contribution in [1.82, 2.24) is 4.31 Å². The van der Waals surface area contributed by atoms with E-state index in [9.17, 15) is 13.2 Å². The molecule has 17 heavy (non-hydrogen) atoms. The lowest BCUT2D eigenvalue weighted by Gasteiger charge is -2.19. The molecule has 0 aromatic carbocycles. The summed E-state index contributed by atoms with van der Waals surface area (Å²) in [5.41, 5.74) is 0. The Kier molecular flexibility index (Phi) is 8.11. The first kappa shape index (κ1) is 16.3. The average Bonchev–Trinajstić information content (AvgIpc) is 2.26. The van der Waals surface area contributed by atoms with Crippen LogP contribution in [-0.2, 0) is 24.3 Å². The van der Waals surface area contributed by atoms with Crippen molar-refractivity contribution in [3.8, 4) is 0 Å². The van der Waals surface area contributed by atoms with Crippen LogP contribution in [0.25, 0.3) is 0 Å². The molecule has 0 unspecified atom stereocenters. The van der Waals surface area contributed by atoms with Crippen molar-refractivity contribution in [2.24, 2.45) is 0 Å². The van der Waals surface area contributed by atoms with E-state index < -0.39 is 16.0 Å². The van der Waals surface area contributed by atoms with Gasteiger partial charge in [0, 0.05) is 13.2 Å². The van der Waals surface area contributed by atoms with Gasteiger partial charge in [0.15, 0.2) is 0 Å². The maximum atomic E-state index is 11.8. The van der Waals surface area contributed by atoms with Gasteiger partial charge in [-0.1, -0.05) is 6.92 Å². The van der Waals surface area contributed by atoms with Gasteiger partial charge < -0.3 is 9.47 Å². The first-order valence-corrected chi connectivity index (χ1v) is 7.30. The third kappa shape index (κ3) is 6.60. The van der Waals surface area contributed by atoms with Crippen LogP contribution in [0.1, 0.15) is 20.8 Å². The average molecular weight is 267 g/mol. The standard InChI is InChI=1S/C10H21NO5S/c1-4-11(9-10(12)16-6-3)17(13,14)8-7-15-5-2/h4-9H2,1-3H3. The molecule has 102 valence electrons. The number of carbonyl (C=O) groups is 1. The Morgan fingerprint density at radius 1 is 1.18 bits per heavy atom. The number of rotatable bonds is 9. The summed E-state index contributed by atoms with van der Waals surface area (Å²) in [6.45, 7) is 6.01. The van der Waals surface area contributed by atoms with Crippen LogP contribution in [0.2, 0.25) is 0 Å². The molecule has 0 saturated carbocycles. The molecule has 0 aliphatic heterocycles. The summed E-state index contributed by atoms with van der Waals surface area (Å²) in [4.78, 5) is 11.2. The van der Waals surface area contributed by atoms with Crippen molar-refractivity contribution in [2.75, 3.05) is 38.7 Å². The second kappa shape index (κ2) is 8.43. The zero-order chi connectivity index (χ0) is 13.3.